The smallest absolute Gasteiger partial charge is 0.302 e. The maximum atomic E-state index is 14.1. The zero-order valence-electron chi connectivity index (χ0n) is 18.3. The topological polar surface area (TPSA) is 104 Å². The fraction of sp³-hybridized carbons (Fsp3) is 0.174. The molecule has 0 saturated heterocycles. The van der Waals surface area contributed by atoms with Gasteiger partial charge in [-0.1, -0.05) is 17.7 Å². The van der Waals surface area contributed by atoms with Crippen molar-refractivity contribution in [2.75, 3.05) is 11.9 Å². The van der Waals surface area contributed by atoms with E-state index in [2.05, 4.69) is 20.4 Å². The highest BCUT2D eigenvalue weighted by molar-refractivity contribution is 6.30. The van der Waals surface area contributed by atoms with E-state index in [9.17, 15) is 14.0 Å². The molecule has 0 aliphatic rings. The summed E-state index contributed by atoms with van der Waals surface area (Å²) in [7, 11) is 1.78. The number of nitrogens with one attached hydrogen (secondary N) is 1. The fourth-order valence-corrected chi connectivity index (χ4v) is 3.47. The molecule has 34 heavy (non-hydrogen) atoms. The van der Waals surface area contributed by atoms with E-state index in [-0.39, 0.29) is 17.2 Å². The Morgan fingerprint density at radius 2 is 2.03 bits per heavy atom. The summed E-state index contributed by atoms with van der Waals surface area (Å²) in [6.07, 6.45) is 4.77. The van der Waals surface area contributed by atoms with E-state index in [0.29, 0.717) is 28.6 Å². The summed E-state index contributed by atoms with van der Waals surface area (Å²) < 4.78 is 22.2. The van der Waals surface area contributed by atoms with Gasteiger partial charge in [-0.15, -0.1) is 0 Å². The van der Waals surface area contributed by atoms with Crippen molar-refractivity contribution in [3.05, 3.63) is 87.8 Å². The number of rotatable bonds is 7. The lowest BCUT2D eigenvalue weighted by atomic mass is 10.1. The highest BCUT2D eigenvalue weighted by Gasteiger charge is 2.19. The fourth-order valence-electron chi connectivity index (χ4n) is 3.35. The maximum absolute atomic E-state index is 14.1. The Morgan fingerprint density at radius 3 is 2.71 bits per heavy atom. The van der Waals surface area contributed by atoms with Crippen LogP contribution in [-0.4, -0.2) is 36.9 Å². The van der Waals surface area contributed by atoms with Crippen LogP contribution >= 0.6 is 11.6 Å². The third-order valence-electron chi connectivity index (χ3n) is 5.07. The minimum Gasteiger partial charge on any atom is -0.463 e. The molecule has 0 aliphatic carbocycles. The minimum absolute atomic E-state index is 0.0445. The predicted octanol–water partition coefficient (Wildman–Crippen LogP) is 3.73. The van der Waals surface area contributed by atoms with E-state index in [0.717, 1.165) is 0 Å². The number of aromatic nitrogens is 5. The summed E-state index contributed by atoms with van der Waals surface area (Å²) in [4.78, 5) is 33.1. The molecule has 4 rings (SSSR count). The molecule has 0 spiro atoms. The lowest BCUT2D eigenvalue weighted by Gasteiger charge is -2.20. The summed E-state index contributed by atoms with van der Waals surface area (Å²) in [5.41, 5.74) is 1.13. The van der Waals surface area contributed by atoms with Gasteiger partial charge in [-0.05, 0) is 29.8 Å². The van der Waals surface area contributed by atoms with Crippen LogP contribution in [0.4, 0.5) is 16.2 Å². The summed E-state index contributed by atoms with van der Waals surface area (Å²) in [6, 6.07) is 10.0. The van der Waals surface area contributed by atoms with E-state index in [1.165, 1.54) is 29.7 Å². The van der Waals surface area contributed by atoms with E-state index >= 15 is 0 Å². The van der Waals surface area contributed by atoms with Crippen LogP contribution in [0.2, 0.25) is 5.02 Å². The molecular formula is C23H20ClFN6O3. The molecule has 1 N–H and O–H groups in total. The third kappa shape index (κ3) is 5.12. The Balaban J connectivity index is 1.66. The van der Waals surface area contributed by atoms with E-state index in [1.807, 2.05) is 0 Å². The normalized spacial score (nSPS) is 11.8. The van der Waals surface area contributed by atoms with Gasteiger partial charge in [0, 0.05) is 44.1 Å². The second-order valence-electron chi connectivity index (χ2n) is 7.38. The van der Waals surface area contributed by atoms with Crippen molar-refractivity contribution in [3.63, 3.8) is 0 Å². The van der Waals surface area contributed by atoms with Crippen molar-refractivity contribution < 1.29 is 13.9 Å². The minimum atomic E-state index is -0.746. The zero-order chi connectivity index (χ0) is 24.2. The maximum Gasteiger partial charge on any atom is 0.302 e. The number of nitrogens with zero attached hydrogens (tertiary/aromatic N) is 5. The number of hydrogen-bond acceptors (Lipinski definition) is 7. The van der Waals surface area contributed by atoms with Crippen LogP contribution in [0.5, 0.6) is 0 Å². The van der Waals surface area contributed by atoms with Gasteiger partial charge in [-0.2, -0.15) is 5.10 Å². The van der Waals surface area contributed by atoms with Crippen molar-refractivity contribution in [1.29, 1.82) is 0 Å². The van der Waals surface area contributed by atoms with Crippen LogP contribution < -0.4 is 10.9 Å². The van der Waals surface area contributed by atoms with Gasteiger partial charge < -0.3 is 14.6 Å². The van der Waals surface area contributed by atoms with Gasteiger partial charge in [0.25, 0.3) is 5.56 Å². The number of benzene rings is 1. The van der Waals surface area contributed by atoms with Crippen LogP contribution in [0.15, 0.2) is 65.8 Å². The van der Waals surface area contributed by atoms with Crippen molar-refractivity contribution >= 4 is 29.3 Å². The number of ether oxygens (including phenoxy) is 1. The van der Waals surface area contributed by atoms with E-state index < -0.39 is 17.8 Å². The number of anilines is 2. The molecule has 0 bridgehead atoms. The predicted molar refractivity (Wildman–Crippen MR) is 124 cm³/mol. The summed E-state index contributed by atoms with van der Waals surface area (Å²) in [6.45, 7) is 1.11. The summed E-state index contributed by atoms with van der Waals surface area (Å²) >= 11 is 5.79. The molecule has 0 radical (unpaired) electrons. The van der Waals surface area contributed by atoms with Crippen LogP contribution in [-0.2, 0) is 16.6 Å². The second-order valence-corrected chi connectivity index (χ2v) is 7.79. The molecule has 1 aromatic carbocycles. The van der Waals surface area contributed by atoms with Crippen molar-refractivity contribution in [2.45, 2.75) is 13.0 Å². The average Bonchev–Trinajstić information content (AvgIpc) is 3.21. The standard InChI is InChI=1S/C23H20ClFN6O3/c1-14(32)34-13-20(16-3-4-17(24)18(25)11-16)31-10-7-15(12-22(31)33)19-5-8-26-23(28-19)29-21-6-9-27-30(21)2/h3-12,20H,13H2,1-2H3,(H,26,28,29)/t20-/m0/s1. The first kappa shape index (κ1) is 23.1. The molecule has 0 unspecified atom stereocenters. The number of esters is 1. The van der Waals surface area contributed by atoms with Gasteiger partial charge in [0.05, 0.1) is 23.0 Å². The monoisotopic (exact) mass is 482 g/mol. The van der Waals surface area contributed by atoms with Gasteiger partial charge in [0.2, 0.25) is 5.95 Å². The highest BCUT2D eigenvalue weighted by Crippen LogP contribution is 2.24. The molecule has 3 aromatic heterocycles. The van der Waals surface area contributed by atoms with Crippen LogP contribution in [0.1, 0.15) is 18.5 Å². The molecule has 11 heteroatoms. The van der Waals surface area contributed by atoms with Crippen molar-refractivity contribution in [3.8, 4) is 11.3 Å². The average molecular weight is 483 g/mol. The quantitative estimate of drug-likeness (QED) is 0.400. The van der Waals surface area contributed by atoms with E-state index in [1.54, 1.807) is 54.6 Å². The molecule has 3 heterocycles. The van der Waals surface area contributed by atoms with Crippen molar-refractivity contribution in [2.24, 2.45) is 7.05 Å². The molecule has 0 amide bonds. The molecule has 1 atom stereocenters. The first-order valence-electron chi connectivity index (χ1n) is 10.2. The number of halogens is 2. The van der Waals surface area contributed by atoms with Gasteiger partial charge in [-0.3, -0.25) is 14.3 Å². The first-order valence-corrected chi connectivity index (χ1v) is 10.6. The molecule has 9 nitrogen and oxygen atoms in total. The summed E-state index contributed by atoms with van der Waals surface area (Å²) in [5.74, 6) is -0.102. The lowest BCUT2D eigenvalue weighted by Crippen LogP contribution is -2.28. The van der Waals surface area contributed by atoms with Crippen LogP contribution in [0.25, 0.3) is 11.3 Å². The molecular weight excluding hydrogens is 463 g/mol. The Bertz CT molecular complexity index is 1400. The van der Waals surface area contributed by atoms with E-state index in [4.69, 9.17) is 16.3 Å². The third-order valence-corrected chi connectivity index (χ3v) is 5.38. The molecule has 0 aliphatic heterocycles. The Labute approximate surface area is 198 Å². The number of aryl methyl sites for hydroxylation is 1. The van der Waals surface area contributed by atoms with Gasteiger partial charge in [0.1, 0.15) is 18.2 Å². The molecule has 0 fully saturated rings. The number of hydrogen-bond donors (Lipinski definition) is 1. The molecule has 4 aromatic rings. The van der Waals surface area contributed by atoms with Crippen LogP contribution in [0, 0.1) is 5.82 Å². The van der Waals surface area contributed by atoms with Gasteiger partial charge in [-0.25, -0.2) is 14.4 Å². The Kier molecular flexibility index (Phi) is 6.69. The molecule has 174 valence electrons. The highest BCUT2D eigenvalue weighted by atomic mass is 35.5. The first-order chi connectivity index (χ1) is 16.3. The second kappa shape index (κ2) is 9.84. The zero-order valence-corrected chi connectivity index (χ0v) is 19.0. The SMILES string of the molecule is CC(=O)OC[C@@H](c1ccc(Cl)c(F)c1)n1ccc(-c2ccnc(Nc3ccnn3C)n2)cc1=O. The van der Waals surface area contributed by atoms with Gasteiger partial charge >= 0.3 is 5.97 Å². The molecule has 0 saturated carbocycles. The largest absolute Gasteiger partial charge is 0.463 e. The van der Waals surface area contributed by atoms with Crippen molar-refractivity contribution in [1.82, 2.24) is 24.3 Å². The number of pyridine rings is 1. The Hall–Kier alpha value is -4.05. The summed E-state index contributed by atoms with van der Waals surface area (Å²) in [5, 5.41) is 7.11. The van der Waals surface area contributed by atoms with Crippen LogP contribution in [0.3, 0.4) is 0 Å². The lowest BCUT2D eigenvalue weighted by molar-refractivity contribution is -0.141. The number of carbonyl (C=O) groups excluding carboxylic acids is 1. The van der Waals surface area contributed by atoms with Gasteiger partial charge in [0.15, 0.2) is 0 Å². The number of carbonyl (C=O) groups is 1. The Morgan fingerprint density at radius 1 is 1.21 bits per heavy atom.